The van der Waals surface area contributed by atoms with Crippen LogP contribution in [0.15, 0.2) is 48.5 Å². The highest BCUT2D eigenvalue weighted by Crippen LogP contribution is 2.23. The molecular weight excluding hydrogens is 299 g/mol. The molecule has 0 heterocycles. The van der Waals surface area contributed by atoms with Crippen molar-refractivity contribution in [2.75, 3.05) is 0 Å². The van der Waals surface area contributed by atoms with Gasteiger partial charge in [-0.1, -0.05) is 57.2 Å². The first-order chi connectivity index (χ1) is 10.2. The summed E-state index contributed by atoms with van der Waals surface area (Å²) in [4.78, 5) is 0. The highest BCUT2D eigenvalue weighted by atomic mass is 32.2. The maximum atomic E-state index is 12.9. The maximum absolute atomic E-state index is 12.9. The quantitative estimate of drug-likeness (QED) is 0.844. The van der Waals surface area contributed by atoms with E-state index in [1.165, 1.54) is 29.8 Å². The van der Waals surface area contributed by atoms with Gasteiger partial charge in [0.15, 0.2) is 9.84 Å². The Morgan fingerprint density at radius 1 is 0.818 bits per heavy atom. The molecule has 0 spiro atoms. The molecule has 4 heteroatoms. The molecule has 0 saturated heterocycles. The van der Waals surface area contributed by atoms with Crippen molar-refractivity contribution in [3.8, 4) is 0 Å². The van der Waals surface area contributed by atoms with Crippen LogP contribution in [-0.4, -0.2) is 8.42 Å². The van der Waals surface area contributed by atoms with Crippen LogP contribution in [0.5, 0.6) is 0 Å². The summed E-state index contributed by atoms with van der Waals surface area (Å²) in [5, 5.41) is 0. The van der Waals surface area contributed by atoms with Gasteiger partial charge in [0, 0.05) is 0 Å². The molecule has 0 aliphatic heterocycles. The summed E-state index contributed by atoms with van der Waals surface area (Å²) in [6.07, 6.45) is 0. The zero-order chi connectivity index (χ0) is 16.4. The zero-order valence-corrected chi connectivity index (χ0v) is 14.0. The Morgan fingerprint density at radius 3 is 1.64 bits per heavy atom. The monoisotopic (exact) mass is 320 g/mol. The normalized spacial score (nSPS) is 12.4. The van der Waals surface area contributed by atoms with E-state index < -0.39 is 9.84 Å². The molecule has 2 rings (SSSR count). The van der Waals surface area contributed by atoms with Crippen LogP contribution in [0, 0.1) is 5.82 Å². The topological polar surface area (TPSA) is 34.1 Å². The number of rotatable bonds is 4. The lowest BCUT2D eigenvalue weighted by Gasteiger charge is -2.19. The second-order valence-electron chi connectivity index (χ2n) is 6.61. The fraction of sp³-hybridized carbons (Fsp3) is 0.333. The van der Waals surface area contributed by atoms with Crippen LogP contribution in [0.4, 0.5) is 4.39 Å². The van der Waals surface area contributed by atoms with E-state index in [0.717, 1.165) is 5.56 Å². The van der Waals surface area contributed by atoms with E-state index in [2.05, 4.69) is 20.8 Å². The SMILES string of the molecule is CC(C)(C)c1ccc(CS(=O)(=O)Cc2ccc(F)cc2)cc1. The molecule has 22 heavy (non-hydrogen) atoms. The molecule has 0 bridgehead atoms. The van der Waals surface area contributed by atoms with Crippen molar-refractivity contribution in [3.05, 3.63) is 71.0 Å². The van der Waals surface area contributed by atoms with Gasteiger partial charge in [-0.25, -0.2) is 12.8 Å². The van der Waals surface area contributed by atoms with E-state index in [-0.39, 0.29) is 22.7 Å². The van der Waals surface area contributed by atoms with Crippen molar-refractivity contribution in [3.63, 3.8) is 0 Å². The number of benzene rings is 2. The summed E-state index contributed by atoms with van der Waals surface area (Å²) < 4.78 is 37.3. The van der Waals surface area contributed by atoms with Gasteiger partial charge in [-0.15, -0.1) is 0 Å². The van der Waals surface area contributed by atoms with E-state index in [9.17, 15) is 12.8 Å². The minimum Gasteiger partial charge on any atom is -0.228 e. The first kappa shape index (κ1) is 16.7. The third kappa shape index (κ3) is 4.67. The maximum Gasteiger partial charge on any atom is 0.158 e. The Balaban J connectivity index is 2.10. The molecule has 0 aromatic heterocycles. The summed E-state index contributed by atoms with van der Waals surface area (Å²) in [5.74, 6) is -0.442. The van der Waals surface area contributed by atoms with Crippen LogP contribution in [0.3, 0.4) is 0 Å². The summed E-state index contributed by atoms with van der Waals surface area (Å²) in [6, 6.07) is 13.3. The van der Waals surface area contributed by atoms with Gasteiger partial charge in [0.2, 0.25) is 0 Å². The van der Waals surface area contributed by atoms with Crippen LogP contribution in [0.2, 0.25) is 0 Å². The standard InChI is InChI=1S/C18H21FO2S/c1-18(2,3)16-8-4-14(5-9-16)12-22(20,21)13-15-6-10-17(19)11-7-15/h4-11H,12-13H2,1-3H3. The van der Waals surface area contributed by atoms with Gasteiger partial charge in [0.25, 0.3) is 0 Å². The largest absolute Gasteiger partial charge is 0.228 e. The highest BCUT2D eigenvalue weighted by Gasteiger charge is 2.16. The molecule has 0 atom stereocenters. The number of hydrogen-bond acceptors (Lipinski definition) is 2. The zero-order valence-electron chi connectivity index (χ0n) is 13.1. The smallest absolute Gasteiger partial charge is 0.158 e. The lowest BCUT2D eigenvalue weighted by atomic mass is 9.87. The fourth-order valence-electron chi connectivity index (χ4n) is 2.24. The molecule has 0 radical (unpaired) electrons. The van der Waals surface area contributed by atoms with Crippen molar-refractivity contribution in [1.82, 2.24) is 0 Å². The van der Waals surface area contributed by atoms with E-state index >= 15 is 0 Å². The van der Waals surface area contributed by atoms with Crippen LogP contribution >= 0.6 is 0 Å². The Morgan fingerprint density at radius 2 is 1.23 bits per heavy atom. The predicted octanol–water partition coefficient (Wildman–Crippen LogP) is 4.24. The molecule has 0 saturated carbocycles. The Labute approximate surface area is 131 Å². The lowest BCUT2D eigenvalue weighted by molar-refractivity contribution is 0.589. The Hall–Kier alpha value is -1.68. The summed E-state index contributed by atoms with van der Waals surface area (Å²) in [6.45, 7) is 6.36. The molecular formula is C18H21FO2S. The average Bonchev–Trinajstić information content (AvgIpc) is 2.40. The lowest BCUT2D eigenvalue weighted by Crippen LogP contribution is -2.11. The van der Waals surface area contributed by atoms with Gasteiger partial charge in [-0.2, -0.15) is 0 Å². The molecule has 0 amide bonds. The van der Waals surface area contributed by atoms with Crippen molar-refractivity contribution in [2.24, 2.45) is 0 Å². The molecule has 0 N–H and O–H groups in total. The first-order valence-corrected chi connectivity index (χ1v) is 9.02. The molecule has 118 valence electrons. The van der Waals surface area contributed by atoms with Crippen LogP contribution in [0.25, 0.3) is 0 Å². The van der Waals surface area contributed by atoms with Gasteiger partial charge in [0.05, 0.1) is 11.5 Å². The minimum atomic E-state index is -3.27. The second kappa shape index (κ2) is 6.21. The van der Waals surface area contributed by atoms with E-state index in [1.807, 2.05) is 24.3 Å². The number of hydrogen-bond donors (Lipinski definition) is 0. The van der Waals surface area contributed by atoms with Crippen molar-refractivity contribution >= 4 is 9.84 Å². The van der Waals surface area contributed by atoms with E-state index in [0.29, 0.717) is 5.56 Å². The fourth-order valence-corrected chi connectivity index (χ4v) is 3.74. The number of halogens is 1. The Bertz CT molecular complexity index is 724. The highest BCUT2D eigenvalue weighted by molar-refractivity contribution is 7.89. The molecule has 0 unspecified atom stereocenters. The van der Waals surface area contributed by atoms with Crippen molar-refractivity contribution in [1.29, 1.82) is 0 Å². The molecule has 0 fully saturated rings. The van der Waals surface area contributed by atoms with Crippen molar-refractivity contribution < 1.29 is 12.8 Å². The van der Waals surface area contributed by atoms with Crippen LogP contribution in [-0.2, 0) is 26.8 Å². The first-order valence-electron chi connectivity index (χ1n) is 7.20. The molecule has 0 aliphatic carbocycles. The van der Waals surface area contributed by atoms with Crippen molar-refractivity contribution in [2.45, 2.75) is 37.7 Å². The minimum absolute atomic E-state index is 0.00516. The number of sulfone groups is 1. The average molecular weight is 320 g/mol. The van der Waals surface area contributed by atoms with E-state index in [4.69, 9.17) is 0 Å². The third-order valence-electron chi connectivity index (χ3n) is 3.51. The molecule has 2 aromatic rings. The Kier molecular flexibility index (Phi) is 4.71. The molecule has 0 aliphatic rings. The third-order valence-corrected chi connectivity index (χ3v) is 5.05. The summed E-state index contributed by atoms with van der Waals surface area (Å²) in [5.41, 5.74) is 2.60. The van der Waals surface area contributed by atoms with Gasteiger partial charge in [-0.3, -0.25) is 0 Å². The van der Waals surface area contributed by atoms with E-state index in [1.54, 1.807) is 0 Å². The van der Waals surface area contributed by atoms with Gasteiger partial charge in [-0.05, 0) is 34.2 Å². The summed E-state index contributed by atoms with van der Waals surface area (Å²) >= 11 is 0. The van der Waals surface area contributed by atoms with Crippen LogP contribution in [0.1, 0.15) is 37.5 Å². The van der Waals surface area contributed by atoms with Gasteiger partial charge in [0.1, 0.15) is 5.82 Å². The van der Waals surface area contributed by atoms with Gasteiger partial charge >= 0.3 is 0 Å². The predicted molar refractivity (Wildman–Crippen MR) is 87.9 cm³/mol. The second-order valence-corrected chi connectivity index (χ2v) is 8.67. The van der Waals surface area contributed by atoms with Gasteiger partial charge < -0.3 is 0 Å². The summed E-state index contributed by atoms with van der Waals surface area (Å²) in [7, 11) is -3.27. The van der Waals surface area contributed by atoms with Crippen LogP contribution < -0.4 is 0 Å². The molecule has 2 aromatic carbocycles. The molecule has 2 nitrogen and oxygen atoms in total.